The molecule has 5 nitrogen and oxygen atoms in total. The lowest BCUT2D eigenvalue weighted by atomic mass is 10.0. The Hall–Kier alpha value is -2.43. The normalized spacial score (nSPS) is 15.6. The minimum Gasteiger partial charge on any atom is -0.474 e. The van der Waals surface area contributed by atoms with Crippen LogP contribution in [0.1, 0.15) is 28.8 Å². The number of amides is 1. The summed E-state index contributed by atoms with van der Waals surface area (Å²) in [6.45, 7) is 3.39. The maximum absolute atomic E-state index is 12.6. The molecule has 1 aromatic carbocycles. The molecule has 114 valence electrons. The molecule has 1 fully saturated rings. The summed E-state index contributed by atoms with van der Waals surface area (Å²) in [5.41, 5.74) is 1.81. The van der Waals surface area contributed by atoms with Gasteiger partial charge in [-0.25, -0.2) is 9.97 Å². The first-order valence-corrected chi connectivity index (χ1v) is 7.51. The van der Waals surface area contributed by atoms with Gasteiger partial charge < -0.3 is 9.64 Å². The molecule has 5 heteroatoms. The van der Waals surface area contributed by atoms with Crippen molar-refractivity contribution in [1.29, 1.82) is 0 Å². The zero-order valence-electron chi connectivity index (χ0n) is 12.6. The van der Waals surface area contributed by atoms with E-state index >= 15 is 0 Å². The summed E-state index contributed by atoms with van der Waals surface area (Å²) in [4.78, 5) is 22.4. The number of aromatic nitrogens is 2. The minimum absolute atomic E-state index is 0.107. The van der Waals surface area contributed by atoms with Crippen molar-refractivity contribution in [3.63, 3.8) is 0 Å². The van der Waals surface area contributed by atoms with Crippen LogP contribution in [0, 0.1) is 6.92 Å². The molecule has 22 heavy (non-hydrogen) atoms. The van der Waals surface area contributed by atoms with Gasteiger partial charge in [0.1, 0.15) is 12.4 Å². The number of likely N-dealkylation sites (tertiary alicyclic amines) is 1. The van der Waals surface area contributed by atoms with Crippen LogP contribution in [0.5, 0.6) is 5.88 Å². The molecule has 2 heterocycles. The molecule has 1 amide bonds. The van der Waals surface area contributed by atoms with Gasteiger partial charge in [0.25, 0.3) is 5.91 Å². The summed E-state index contributed by atoms with van der Waals surface area (Å²) in [6, 6.07) is 9.48. The molecule has 1 aliphatic rings. The van der Waals surface area contributed by atoms with E-state index in [-0.39, 0.29) is 12.0 Å². The number of ether oxygens (including phenoxy) is 1. The van der Waals surface area contributed by atoms with Crippen LogP contribution in [0.2, 0.25) is 0 Å². The third kappa shape index (κ3) is 3.24. The van der Waals surface area contributed by atoms with Gasteiger partial charge in [-0.05, 0) is 18.6 Å². The second-order valence-electron chi connectivity index (χ2n) is 5.47. The van der Waals surface area contributed by atoms with Gasteiger partial charge in [-0.1, -0.05) is 18.2 Å². The Bertz CT molecular complexity index is 637. The summed E-state index contributed by atoms with van der Waals surface area (Å²) in [7, 11) is 0. The molecular formula is C17H19N3O2. The van der Waals surface area contributed by atoms with Gasteiger partial charge >= 0.3 is 0 Å². The molecule has 0 unspecified atom stereocenters. The highest BCUT2D eigenvalue weighted by Crippen LogP contribution is 2.19. The van der Waals surface area contributed by atoms with Gasteiger partial charge in [0.05, 0.1) is 0 Å². The molecule has 1 aliphatic heterocycles. The van der Waals surface area contributed by atoms with E-state index in [1.165, 1.54) is 6.33 Å². The van der Waals surface area contributed by atoms with E-state index in [0.717, 1.165) is 24.0 Å². The number of hydrogen-bond donors (Lipinski definition) is 0. The number of carbonyl (C=O) groups excluding carboxylic acids is 1. The largest absolute Gasteiger partial charge is 0.474 e. The Labute approximate surface area is 130 Å². The second-order valence-corrected chi connectivity index (χ2v) is 5.47. The second kappa shape index (κ2) is 6.56. The Kier molecular flexibility index (Phi) is 4.32. The van der Waals surface area contributed by atoms with Crippen LogP contribution in [0.15, 0.2) is 42.9 Å². The van der Waals surface area contributed by atoms with Crippen LogP contribution in [0.3, 0.4) is 0 Å². The lowest BCUT2D eigenvalue weighted by Crippen LogP contribution is -2.42. The zero-order chi connectivity index (χ0) is 15.4. The van der Waals surface area contributed by atoms with Gasteiger partial charge in [-0.3, -0.25) is 4.79 Å². The predicted molar refractivity (Wildman–Crippen MR) is 82.8 cm³/mol. The molecular weight excluding hydrogens is 278 g/mol. The maximum atomic E-state index is 12.6. The van der Waals surface area contributed by atoms with E-state index in [4.69, 9.17) is 4.74 Å². The van der Waals surface area contributed by atoms with Crippen LogP contribution in [-0.4, -0.2) is 40.0 Å². The van der Waals surface area contributed by atoms with Crippen molar-refractivity contribution in [2.24, 2.45) is 0 Å². The number of piperidine rings is 1. The van der Waals surface area contributed by atoms with Crippen LogP contribution in [-0.2, 0) is 0 Å². The molecule has 0 saturated carbocycles. The average molecular weight is 297 g/mol. The Balaban J connectivity index is 1.58. The number of benzene rings is 1. The lowest BCUT2D eigenvalue weighted by molar-refractivity contribution is 0.0587. The highest BCUT2D eigenvalue weighted by molar-refractivity contribution is 5.95. The highest BCUT2D eigenvalue weighted by Gasteiger charge is 2.25. The van der Waals surface area contributed by atoms with E-state index < -0.39 is 0 Å². The van der Waals surface area contributed by atoms with Crippen molar-refractivity contribution >= 4 is 5.91 Å². The number of nitrogens with zero attached hydrogens (tertiary/aromatic N) is 3. The number of hydrogen-bond acceptors (Lipinski definition) is 4. The van der Waals surface area contributed by atoms with Crippen LogP contribution in [0.25, 0.3) is 0 Å². The molecule has 0 bridgehead atoms. The van der Waals surface area contributed by atoms with Crippen molar-refractivity contribution in [1.82, 2.24) is 14.9 Å². The molecule has 0 radical (unpaired) electrons. The molecule has 2 aromatic rings. The quantitative estimate of drug-likeness (QED) is 0.873. The monoisotopic (exact) mass is 297 g/mol. The van der Waals surface area contributed by atoms with Crippen molar-refractivity contribution in [2.75, 3.05) is 13.1 Å². The fourth-order valence-electron chi connectivity index (χ4n) is 2.68. The average Bonchev–Trinajstić information content (AvgIpc) is 2.56. The van der Waals surface area contributed by atoms with Crippen molar-refractivity contribution < 1.29 is 9.53 Å². The third-order valence-electron chi connectivity index (χ3n) is 3.95. The molecule has 3 rings (SSSR count). The lowest BCUT2D eigenvalue weighted by Gasteiger charge is -2.32. The summed E-state index contributed by atoms with van der Waals surface area (Å²) in [5, 5.41) is 0. The minimum atomic E-state index is 0.107. The van der Waals surface area contributed by atoms with Crippen LogP contribution in [0.4, 0.5) is 0 Å². The van der Waals surface area contributed by atoms with Gasteiger partial charge in [0.2, 0.25) is 5.88 Å². The number of carbonyl (C=O) groups is 1. The first kappa shape index (κ1) is 14.5. The maximum Gasteiger partial charge on any atom is 0.254 e. The van der Waals surface area contributed by atoms with Crippen molar-refractivity contribution in [3.05, 3.63) is 54.0 Å². The number of rotatable bonds is 3. The highest BCUT2D eigenvalue weighted by atomic mass is 16.5. The van der Waals surface area contributed by atoms with Gasteiger partial charge in [0.15, 0.2) is 0 Å². The first-order chi connectivity index (χ1) is 10.7. The molecule has 0 aliphatic carbocycles. The Morgan fingerprint density at radius 2 is 2.00 bits per heavy atom. The third-order valence-corrected chi connectivity index (χ3v) is 3.95. The van der Waals surface area contributed by atoms with Crippen LogP contribution < -0.4 is 4.74 Å². The number of aryl methyl sites for hydroxylation is 1. The van der Waals surface area contributed by atoms with Gasteiger partial charge in [-0.2, -0.15) is 0 Å². The van der Waals surface area contributed by atoms with Crippen LogP contribution >= 0.6 is 0 Å². The fraction of sp³-hybridized carbons (Fsp3) is 0.353. The fourth-order valence-corrected chi connectivity index (χ4v) is 2.68. The van der Waals surface area contributed by atoms with Gasteiger partial charge in [-0.15, -0.1) is 0 Å². The summed E-state index contributed by atoms with van der Waals surface area (Å²) in [6.07, 6.45) is 4.89. The molecule has 0 N–H and O–H groups in total. The summed E-state index contributed by atoms with van der Waals surface area (Å²) >= 11 is 0. The van der Waals surface area contributed by atoms with Gasteiger partial charge in [0, 0.05) is 43.8 Å². The SMILES string of the molecule is Cc1ccccc1C(=O)N1CCC(Oc2ccncn2)CC1. The molecule has 1 aromatic heterocycles. The van der Waals surface area contributed by atoms with E-state index in [1.807, 2.05) is 36.1 Å². The van der Waals surface area contributed by atoms with E-state index in [2.05, 4.69) is 9.97 Å². The Morgan fingerprint density at radius 3 is 2.68 bits per heavy atom. The topological polar surface area (TPSA) is 55.3 Å². The zero-order valence-corrected chi connectivity index (χ0v) is 12.6. The first-order valence-electron chi connectivity index (χ1n) is 7.51. The predicted octanol–water partition coefficient (Wildman–Crippen LogP) is 2.47. The molecule has 1 saturated heterocycles. The molecule has 0 spiro atoms. The smallest absolute Gasteiger partial charge is 0.254 e. The van der Waals surface area contributed by atoms with E-state index in [0.29, 0.717) is 19.0 Å². The Morgan fingerprint density at radius 1 is 1.23 bits per heavy atom. The standard InChI is InChI=1S/C17H19N3O2/c1-13-4-2-3-5-15(13)17(21)20-10-7-14(8-11-20)22-16-6-9-18-12-19-16/h2-6,9,12,14H,7-8,10-11H2,1H3. The molecule has 0 atom stereocenters. The van der Waals surface area contributed by atoms with E-state index in [1.54, 1.807) is 12.3 Å². The summed E-state index contributed by atoms with van der Waals surface area (Å²) < 4.78 is 5.82. The van der Waals surface area contributed by atoms with Crippen molar-refractivity contribution in [3.8, 4) is 5.88 Å². The summed E-state index contributed by atoms with van der Waals surface area (Å²) in [5.74, 6) is 0.706. The van der Waals surface area contributed by atoms with Crippen molar-refractivity contribution in [2.45, 2.75) is 25.9 Å². The van der Waals surface area contributed by atoms with E-state index in [9.17, 15) is 4.79 Å².